The molecule has 3 N–H and O–H groups in total. The fourth-order valence-corrected chi connectivity index (χ4v) is 4.80. The smallest absolute Gasteiger partial charge is 0.350 e. The molecule has 0 saturated carbocycles. The molecule has 2 aromatic carbocycles. The summed E-state index contributed by atoms with van der Waals surface area (Å²) < 4.78 is 116. The molecule has 1 aliphatic heterocycles. The third-order valence-electron chi connectivity index (χ3n) is 6.10. The summed E-state index contributed by atoms with van der Waals surface area (Å²) in [6.45, 7) is -0.350. The van der Waals surface area contributed by atoms with Crippen LogP contribution >= 0.6 is 7.75 Å². The van der Waals surface area contributed by atoms with Crippen molar-refractivity contribution in [3.63, 3.8) is 0 Å². The van der Waals surface area contributed by atoms with Gasteiger partial charge in [-0.1, -0.05) is 12.1 Å². The summed E-state index contributed by atoms with van der Waals surface area (Å²) in [5.41, 5.74) is -4.00. The molecule has 4 rings (SSSR count). The van der Waals surface area contributed by atoms with Crippen molar-refractivity contribution in [3.8, 4) is 0 Å². The summed E-state index contributed by atoms with van der Waals surface area (Å²) in [6, 6.07) is 5.45. The average Bonchev–Trinajstić information content (AvgIpc) is 3.24. The molecule has 0 aliphatic carbocycles. The first-order valence-electron chi connectivity index (χ1n) is 11.8. The second kappa shape index (κ2) is 11.7. The Morgan fingerprint density at radius 3 is 2.20 bits per heavy atom. The van der Waals surface area contributed by atoms with Crippen molar-refractivity contribution >= 4 is 7.75 Å². The van der Waals surface area contributed by atoms with E-state index in [1.54, 1.807) is 4.90 Å². The highest BCUT2D eigenvalue weighted by atomic mass is 31.2. The monoisotopic (exact) mass is 614 g/mol. The van der Waals surface area contributed by atoms with Crippen LogP contribution in [0.15, 0.2) is 47.3 Å². The molecular weight excluding hydrogens is 592 g/mol. The lowest BCUT2D eigenvalue weighted by Crippen LogP contribution is -2.46. The summed E-state index contributed by atoms with van der Waals surface area (Å²) >= 11 is 0. The number of hydrogen-bond acceptors (Lipinski definition) is 6. The number of rotatable bonds is 8. The van der Waals surface area contributed by atoms with E-state index >= 15 is 0 Å². The summed E-state index contributed by atoms with van der Waals surface area (Å²) in [5.74, 6) is -0.695. The number of hydrogen-bond donors (Lipinski definition) is 3. The number of nitrogens with zero attached hydrogens (tertiary/aromatic N) is 3. The van der Waals surface area contributed by atoms with Gasteiger partial charge in [0.05, 0.1) is 36.9 Å². The van der Waals surface area contributed by atoms with Crippen LogP contribution in [0.1, 0.15) is 34.1 Å². The second-order valence-electron chi connectivity index (χ2n) is 9.02. The van der Waals surface area contributed by atoms with Crippen molar-refractivity contribution in [3.05, 3.63) is 86.8 Å². The van der Waals surface area contributed by atoms with Crippen LogP contribution in [0.25, 0.3) is 0 Å². The molecule has 41 heavy (non-hydrogen) atoms. The molecule has 2 heterocycles. The maximum Gasteiger partial charge on any atom is 0.452 e. The SMILES string of the molecule is O=c1nc(CN2CCO[C@@H](OCCc3cc(C(F)(F)F)cc(C(F)(F)F)c3)[C@@H]2c2ccc(F)cc2)[nH]n1P(=O)(O)O. The molecule has 2 atom stereocenters. The Hall–Kier alpha value is -3.08. The van der Waals surface area contributed by atoms with Crippen LogP contribution < -0.4 is 5.69 Å². The molecule has 0 radical (unpaired) electrons. The Kier molecular flexibility index (Phi) is 8.78. The van der Waals surface area contributed by atoms with E-state index in [9.17, 15) is 49.9 Å². The van der Waals surface area contributed by atoms with E-state index in [2.05, 4.69) is 10.1 Å². The van der Waals surface area contributed by atoms with Gasteiger partial charge in [-0.05, 0) is 47.9 Å². The van der Waals surface area contributed by atoms with Gasteiger partial charge < -0.3 is 19.3 Å². The molecule has 1 fully saturated rings. The summed E-state index contributed by atoms with van der Waals surface area (Å²) in [5, 5.41) is 2.23. The van der Waals surface area contributed by atoms with Crippen molar-refractivity contribution in [1.29, 1.82) is 0 Å². The van der Waals surface area contributed by atoms with Gasteiger partial charge in [-0.2, -0.15) is 31.3 Å². The van der Waals surface area contributed by atoms with Crippen LogP contribution in [0.3, 0.4) is 0 Å². The summed E-state index contributed by atoms with van der Waals surface area (Å²) in [6.07, 6.45) is -11.5. The lowest BCUT2D eigenvalue weighted by Gasteiger charge is -2.40. The third kappa shape index (κ3) is 7.61. The lowest BCUT2D eigenvalue weighted by atomic mass is 10.0. The van der Waals surface area contributed by atoms with Crippen molar-refractivity contribution < 1.29 is 54.6 Å². The summed E-state index contributed by atoms with van der Waals surface area (Å²) in [4.78, 5) is 35.7. The molecule has 224 valence electrons. The van der Waals surface area contributed by atoms with Gasteiger partial charge in [-0.15, -0.1) is 4.45 Å². The highest BCUT2D eigenvalue weighted by Gasteiger charge is 2.38. The van der Waals surface area contributed by atoms with E-state index in [0.717, 1.165) is 12.1 Å². The fourth-order valence-electron chi connectivity index (χ4n) is 4.29. The van der Waals surface area contributed by atoms with Crippen LogP contribution in [-0.2, 0) is 39.4 Å². The van der Waals surface area contributed by atoms with Gasteiger partial charge in [0.2, 0.25) is 0 Å². The largest absolute Gasteiger partial charge is 0.452 e. The standard InChI is InChI=1S/C23H22F7N4O6P/c24-17-3-1-14(2-4-17)19-20(40-8-6-33(19)12-18-31-21(35)34(32-18)41(36,37)38)39-7-5-13-9-15(22(25,26)27)11-16(10-13)23(28,29)30/h1-4,9-11,19-20H,5-8,12H2,(H,31,32,35)(H2,36,37,38)/t19-,20+/m0/s1. The van der Waals surface area contributed by atoms with Crippen LogP contribution in [-0.4, -0.2) is 55.3 Å². The van der Waals surface area contributed by atoms with Crippen LogP contribution in [0.5, 0.6) is 0 Å². The van der Waals surface area contributed by atoms with Crippen molar-refractivity contribution in [2.24, 2.45) is 0 Å². The van der Waals surface area contributed by atoms with E-state index in [4.69, 9.17) is 9.47 Å². The normalized spacial score (nSPS) is 19.0. The van der Waals surface area contributed by atoms with Gasteiger partial charge in [-0.25, -0.2) is 13.8 Å². The number of alkyl halides is 6. The predicted octanol–water partition coefficient (Wildman–Crippen LogP) is 3.85. The number of aromatic nitrogens is 3. The zero-order valence-electron chi connectivity index (χ0n) is 20.7. The van der Waals surface area contributed by atoms with E-state index in [-0.39, 0.29) is 54.6 Å². The van der Waals surface area contributed by atoms with E-state index in [1.807, 2.05) is 0 Å². The number of H-pyrrole nitrogens is 1. The van der Waals surface area contributed by atoms with Crippen LogP contribution in [0, 0.1) is 5.82 Å². The minimum Gasteiger partial charge on any atom is -0.350 e. The molecular formula is C23H22F7N4O6P. The van der Waals surface area contributed by atoms with Gasteiger partial charge in [0, 0.05) is 6.54 Å². The van der Waals surface area contributed by atoms with E-state index in [0.29, 0.717) is 17.7 Å². The number of ether oxygens (including phenoxy) is 2. The molecule has 3 aromatic rings. The molecule has 0 unspecified atom stereocenters. The topological polar surface area (TPSA) is 130 Å². The Balaban J connectivity index is 1.56. The van der Waals surface area contributed by atoms with Crippen molar-refractivity contribution in [2.75, 3.05) is 19.8 Å². The highest BCUT2D eigenvalue weighted by molar-refractivity contribution is 7.49. The zero-order chi connectivity index (χ0) is 30.2. The first-order chi connectivity index (χ1) is 19.0. The molecule has 1 aliphatic rings. The van der Waals surface area contributed by atoms with Crippen LogP contribution in [0.4, 0.5) is 30.7 Å². The van der Waals surface area contributed by atoms with Gasteiger partial charge >= 0.3 is 25.8 Å². The fraction of sp³-hybridized carbons (Fsp3) is 0.391. The van der Waals surface area contributed by atoms with Gasteiger partial charge in [0.1, 0.15) is 11.6 Å². The van der Waals surface area contributed by atoms with Crippen LogP contribution in [0.2, 0.25) is 0 Å². The molecule has 0 amide bonds. The van der Waals surface area contributed by atoms with E-state index in [1.165, 1.54) is 12.1 Å². The number of nitrogens with one attached hydrogen (secondary N) is 1. The Morgan fingerprint density at radius 1 is 1.05 bits per heavy atom. The van der Waals surface area contributed by atoms with Gasteiger partial charge in [-0.3, -0.25) is 10.00 Å². The zero-order valence-corrected chi connectivity index (χ0v) is 21.6. The lowest BCUT2D eigenvalue weighted by molar-refractivity contribution is -0.212. The maximum atomic E-state index is 13.6. The number of morpholine rings is 1. The van der Waals surface area contributed by atoms with E-state index < -0.39 is 55.1 Å². The van der Waals surface area contributed by atoms with Crippen molar-refractivity contribution in [2.45, 2.75) is 37.7 Å². The first kappa shape index (κ1) is 30.9. The first-order valence-corrected chi connectivity index (χ1v) is 13.3. The van der Waals surface area contributed by atoms with Gasteiger partial charge in [0.15, 0.2) is 6.29 Å². The quantitative estimate of drug-likeness (QED) is 0.258. The molecule has 1 saturated heterocycles. The number of benzene rings is 2. The van der Waals surface area contributed by atoms with Crippen molar-refractivity contribution in [1.82, 2.24) is 19.4 Å². The molecule has 0 bridgehead atoms. The summed E-state index contributed by atoms with van der Waals surface area (Å²) in [7, 11) is -5.02. The second-order valence-corrected chi connectivity index (χ2v) is 10.4. The molecule has 1 aromatic heterocycles. The Bertz CT molecular complexity index is 1440. The Morgan fingerprint density at radius 2 is 1.66 bits per heavy atom. The molecule has 0 spiro atoms. The molecule has 18 heteroatoms. The highest BCUT2D eigenvalue weighted by Crippen LogP contribution is 2.37. The maximum absolute atomic E-state index is 13.6. The molecule has 10 nitrogen and oxygen atoms in total. The number of halogens is 7. The average molecular weight is 614 g/mol. The minimum absolute atomic E-state index is 0.0214. The minimum atomic E-state index is -5.02. The predicted molar refractivity (Wildman–Crippen MR) is 126 cm³/mol. The van der Waals surface area contributed by atoms with Gasteiger partial charge in [0.25, 0.3) is 0 Å². The number of aromatic amines is 1. The Labute approximate surface area is 226 Å². The third-order valence-corrected chi connectivity index (χ3v) is 6.90.